The molecular formula is C43H70O8. The molecule has 8 heteroatoms. The van der Waals surface area contributed by atoms with Gasteiger partial charge >= 0.3 is 11.9 Å². The van der Waals surface area contributed by atoms with Crippen LogP contribution in [0.5, 0.6) is 0 Å². The zero-order valence-corrected chi connectivity index (χ0v) is 32.6. The van der Waals surface area contributed by atoms with Crippen LogP contribution in [0.2, 0.25) is 0 Å². The summed E-state index contributed by atoms with van der Waals surface area (Å²) in [6.07, 6.45) is 12.8. The molecule has 1 aliphatic heterocycles. The molecule has 0 aromatic heterocycles. The zero-order chi connectivity index (χ0) is 38.5. The van der Waals surface area contributed by atoms with Crippen molar-refractivity contribution in [2.24, 2.45) is 52.3 Å². The van der Waals surface area contributed by atoms with Crippen LogP contribution in [0, 0.1) is 52.3 Å². The number of rotatable bonds is 17. The number of fused-ring (bicyclic) bond motifs is 5. The van der Waals surface area contributed by atoms with E-state index in [1.807, 2.05) is 0 Å². The first-order valence-corrected chi connectivity index (χ1v) is 20.2. The van der Waals surface area contributed by atoms with Crippen LogP contribution in [-0.2, 0) is 38.0 Å². The molecule has 0 aromatic carbocycles. The Labute approximate surface area is 311 Å². The third-order valence-electron chi connectivity index (χ3n) is 14.3. The van der Waals surface area contributed by atoms with E-state index in [1.54, 1.807) is 0 Å². The number of hydrogen-bond donors (Lipinski definition) is 0. The first-order valence-electron chi connectivity index (χ1n) is 21.2. The Balaban J connectivity index is 1.17. The van der Waals surface area contributed by atoms with Gasteiger partial charge in [0.2, 0.25) is 0 Å². The van der Waals surface area contributed by atoms with Crippen LogP contribution in [0.25, 0.3) is 0 Å². The van der Waals surface area contributed by atoms with E-state index in [0.717, 1.165) is 42.4 Å². The predicted molar refractivity (Wildman–Crippen MR) is 199 cm³/mol. The molecule has 14 atom stereocenters. The van der Waals surface area contributed by atoms with Crippen LogP contribution in [0.3, 0.4) is 0 Å². The van der Waals surface area contributed by atoms with Crippen LogP contribution >= 0.6 is 0 Å². The molecule has 5 aliphatic rings. The standard InChI is InChI=1S/C43H70O8/c1-9-24-46-27-37-38(49-30(5)44)39(47-25-10-2)40(50-31(6)45)41(51-37)48-26-28(3)14-13-15-29(4)34-19-20-35-33-18-17-32-16-11-12-22-42(32,7)36(33)21-23-43(34,35)8/h9-10,28-29,32-41H,1-2,11-27H2,3-8H3/t28?,29-,32?,33+,34-,35+,36+,37-,38+,39+,40-,41?,42+,43-/m1/s1/i9D,10D. The highest BCUT2D eigenvalue weighted by Crippen LogP contribution is 2.68. The normalized spacial score (nSPS) is 40.7. The van der Waals surface area contributed by atoms with Gasteiger partial charge in [0.15, 0.2) is 18.5 Å². The van der Waals surface area contributed by atoms with E-state index in [1.165, 1.54) is 84.5 Å². The van der Waals surface area contributed by atoms with E-state index in [4.69, 9.17) is 31.2 Å². The van der Waals surface area contributed by atoms with Crippen molar-refractivity contribution in [1.82, 2.24) is 0 Å². The fraction of sp³-hybridized carbons (Fsp3) is 0.860. The van der Waals surface area contributed by atoms with Gasteiger partial charge in [0, 0.05) is 13.8 Å². The molecule has 0 bridgehead atoms. The van der Waals surface area contributed by atoms with Crippen molar-refractivity contribution < 1.29 is 40.8 Å². The minimum Gasteiger partial charge on any atom is -0.457 e. The van der Waals surface area contributed by atoms with Crippen molar-refractivity contribution in [3.63, 3.8) is 0 Å². The Kier molecular flexibility index (Phi) is 13.3. The Bertz CT molecular complexity index is 1280. The molecule has 0 aromatic rings. The molecule has 0 radical (unpaired) electrons. The lowest BCUT2D eigenvalue weighted by atomic mass is 9.44. The third-order valence-corrected chi connectivity index (χ3v) is 14.3. The monoisotopic (exact) mass is 717 g/mol. The Morgan fingerprint density at radius 3 is 2.29 bits per heavy atom. The van der Waals surface area contributed by atoms with Crippen molar-refractivity contribution >= 4 is 11.9 Å². The topological polar surface area (TPSA) is 89.5 Å². The van der Waals surface area contributed by atoms with Gasteiger partial charge < -0.3 is 28.4 Å². The molecule has 51 heavy (non-hydrogen) atoms. The molecule has 4 aliphatic carbocycles. The van der Waals surface area contributed by atoms with Gasteiger partial charge in [-0.25, -0.2) is 0 Å². The fourth-order valence-corrected chi connectivity index (χ4v) is 12.0. The van der Waals surface area contributed by atoms with E-state index in [0.29, 0.717) is 23.4 Å². The first kappa shape index (κ1) is 37.6. The lowest BCUT2D eigenvalue weighted by Gasteiger charge is -2.61. The molecule has 1 heterocycles. The summed E-state index contributed by atoms with van der Waals surface area (Å²) in [7, 11) is 0. The average molecular weight is 717 g/mol. The van der Waals surface area contributed by atoms with Gasteiger partial charge in [-0.3, -0.25) is 9.59 Å². The van der Waals surface area contributed by atoms with Gasteiger partial charge in [-0.1, -0.05) is 65.5 Å². The number of esters is 2. The molecule has 4 saturated carbocycles. The predicted octanol–water partition coefficient (Wildman–Crippen LogP) is 8.86. The average Bonchev–Trinajstić information content (AvgIpc) is 3.44. The number of carbonyl (C=O) groups excluding carboxylic acids is 2. The highest BCUT2D eigenvalue weighted by atomic mass is 16.7. The van der Waals surface area contributed by atoms with Crippen molar-refractivity contribution in [1.29, 1.82) is 0 Å². The molecular weight excluding hydrogens is 644 g/mol. The van der Waals surface area contributed by atoms with Gasteiger partial charge in [-0.15, -0.1) is 13.2 Å². The molecule has 1 saturated heterocycles. The highest BCUT2D eigenvalue weighted by molar-refractivity contribution is 5.67. The molecule has 290 valence electrons. The van der Waals surface area contributed by atoms with Gasteiger partial charge in [0.1, 0.15) is 12.2 Å². The molecule has 8 nitrogen and oxygen atoms in total. The Morgan fingerprint density at radius 2 is 1.57 bits per heavy atom. The molecule has 5 fully saturated rings. The van der Waals surface area contributed by atoms with Crippen molar-refractivity contribution in [3.05, 3.63) is 25.3 Å². The Hall–Kier alpha value is -1.74. The van der Waals surface area contributed by atoms with Crippen LogP contribution in [0.15, 0.2) is 25.3 Å². The van der Waals surface area contributed by atoms with Gasteiger partial charge in [-0.2, -0.15) is 0 Å². The maximum atomic E-state index is 12.3. The maximum Gasteiger partial charge on any atom is 0.303 e. The van der Waals surface area contributed by atoms with Crippen molar-refractivity contribution in [2.75, 3.05) is 26.4 Å². The summed E-state index contributed by atoms with van der Waals surface area (Å²) in [4.78, 5) is 24.5. The summed E-state index contributed by atoms with van der Waals surface area (Å²) in [6.45, 7) is 19.9. The lowest BCUT2D eigenvalue weighted by molar-refractivity contribution is -0.313. The summed E-state index contributed by atoms with van der Waals surface area (Å²) in [5.41, 5.74) is 1.06. The van der Waals surface area contributed by atoms with E-state index in [-0.39, 0.29) is 37.8 Å². The van der Waals surface area contributed by atoms with E-state index < -0.39 is 42.6 Å². The number of carbonyl (C=O) groups is 2. The minimum absolute atomic E-state index is 0.00832. The largest absolute Gasteiger partial charge is 0.457 e. The second-order valence-electron chi connectivity index (χ2n) is 17.5. The number of hydrogen-bond acceptors (Lipinski definition) is 8. The second kappa shape index (κ2) is 18.1. The molecule has 0 spiro atoms. The fourth-order valence-electron chi connectivity index (χ4n) is 12.0. The molecule has 3 unspecified atom stereocenters. The van der Waals surface area contributed by atoms with Crippen LogP contribution < -0.4 is 0 Å². The van der Waals surface area contributed by atoms with Gasteiger partial charge in [-0.05, 0) is 110 Å². The van der Waals surface area contributed by atoms with E-state index in [2.05, 4.69) is 40.9 Å². The van der Waals surface area contributed by atoms with Gasteiger partial charge in [0.05, 0.1) is 29.2 Å². The quantitative estimate of drug-likeness (QED) is 0.109. The van der Waals surface area contributed by atoms with Crippen LogP contribution in [0.1, 0.15) is 128 Å². The Morgan fingerprint density at radius 1 is 0.843 bits per heavy atom. The summed E-state index contributed by atoms with van der Waals surface area (Å²) in [5.74, 6) is 4.31. The van der Waals surface area contributed by atoms with Crippen molar-refractivity contribution in [3.8, 4) is 0 Å². The molecule has 0 amide bonds. The van der Waals surface area contributed by atoms with Crippen LogP contribution in [0.4, 0.5) is 0 Å². The zero-order valence-electron chi connectivity index (χ0n) is 34.6. The summed E-state index contributed by atoms with van der Waals surface area (Å²) >= 11 is 0. The smallest absolute Gasteiger partial charge is 0.303 e. The lowest BCUT2D eigenvalue weighted by Crippen LogP contribution is -2.62. The summed E-state index contributed by atoms with van der Waals surface area (Å²) < 4.78 is 51.1. The van der Waals surface area contributed by atoms with Crippen molar-refractivity contribution in [2.45, 2.75) is 156 Å². The summed E-state index contributed by atoms with van der Waals surface area (Å²) in [6, 6.07) is 0.0936. The second-order valence-corrected chi connectivity index (χ2v) is 17.5. The minimum atomic E-state index is -1.06. The van der Waals surface area contributed by atoms with Gasteiger partial charge in [0.25, 0.3) is 0 Å². The molecule has 5 rings (SSSR count). The van der Waals surface area contributed by atoms with Crippen LogP contribution in [-0.4, -0.2) is 69.1 Å². The van der Waals surface area contributed by atoms with E-state index in [9.17, 15) is 9.59 Å². The first-order chi connectivity index (χ1) is 25.1. The number of ether oxygens (including phenoxy) is 6. The SMILES string of the molecule is [2H]C(=C)COC[C@H]1OC(OCC(C)CCC[C@@H](C)[C@H]2CC[C@H]3[C@@H]4CCC5CCCC[C@]5(C)[C@H]4CC[C@]23C)[C@H](OC(C)=O)[C@@H](OCC([2H])=C)[C@H]1OC(C)=O. The third kappa shape index (κ3) is 9.15. The molecule has 0 N–H and O–H groups in total. The van der Waals surface area contributed by atoms with E-state index >= 15 is 0 Å². The summed E-state index contributed by atoms with van der Waals surface area (Å²) in [5, 5.41) is 0. The highest BCUT2D eigenvalue weighted by Gasteiger charge is 2.60. The maximum absolute atomic E-state index is 12.3.